The third kappa shape index (κ3) is 4.65. The number of nitrogens with one attached hydrogen (secondary N) is 1. The van der Waals surface area contributed by atoms with E-state index in [1.165, 1.54) is 21.6 Å². The average molecular weight is 485 g/mol. The molecule has 0 aliphatic carbocycles. The van der Waals surface area contributed by atoms with E-state index < -0.39 is 17.2 Å². The molecule has 0 unspecified atom stereocenters. The largest absolute Gasteiger partial charge is 0.486 e. The number of aromatic amines is 1. The number of halogens is 1. The number of benzene rings is 2. The molecule has 4 rings (SSSR count). The second-order valence-corrected chi connectivity index (χ2v) is 8.26. The van der Waals surface area contributed by atoms with Crippen LogP contribution in [-0.4, -0.2) is 28.7 Å². The fourth-order valence-electron chi connectivity index (χ4n) is 3.78. The number of hydrogen-bond acceptors (Lipinski definition) is 6. The molecular formula is C24H25ClN4O5. The lowest BCUT2D eigenvalue weighted by molar-refractivity contribution is 0.0983. The molecule has 0 saturated carbocycles. The van der Waals surface area contributed by atoms with Crippen LogP contribution in [0, 0.1) is 0 Å². The summed E-state index contributed by atoms with van der Waals surface area (Å²) in [6, 6.07) is 12.2. The number of nitrogen functional groups attached to an aromatic ring is 1. The van der Waals surface area contributed by atoms with Gasteiger partial charge in [-0.1, -0.05) is 55.3 Å². The van der Waals surface area contributed by atoms with Crippen molar-refractivity contribution in [3.8, 4) is 11.5 Å². The number of ether oxygens (including phenoxy) is 2. The van der Waals surface area contributed by atoms with Crippen LogP contribution in [0.25, 0.3) is 0 Å². The minimum atomic E-state index is -0.747. The molecule has 10 heteroatoms. The molecule has 0 saturated heterocycles. The normalized spacial score (nSPS) is 12.4. The first-order valence-corrected chi connectivity index (χ1v) is 11.4. The highest BCUT2D eigenvalue weighted by Crippen LogP contribution is 2.39. The topological polar surface area (TPSA) is 120 Å². The number of carbonyl (C=O) groups excluding carboxylic acids is 1. The van der Waals surface area contributed by atoms with E-state index >= 15 is 0 Å². The van der Waals surface area contributed by atoms with Gasteiger partial charge in [-0.2, -0.15) is 0 Å². The number of hydrogen-bond donors (Lipinski definition) is 2. The molecule has 1 amide bonds. The zero-order chi connectivity index (χ0) is 24.2. The molecular weight excluding hydrogens is 460 g/mol. The quantitative estimate of drug-likeness (QED) is 0.531. The van der Waals surface area contributed by atoms with E-state index in [4.69, 9.17) is 26.8 Å². The maximum absolute atomic E-state index is 13.8. The summed E-state index contributed by atoms with van der Waals surface area (Å²) in [6.45, 7) is 3.01. The molecule has 3 aromatic rings. The summed E-state index contributed by atoms with van der Waals surface area (Å²) in [5.41, 5.74) is 5.81. The fraction of sp³-hybridized carbons (Fsp3) is 0.292. The molecule has 3 N–H and O–H groups in total. The molecule has 0 bridgehead atoms. The van der Waals surface area contributed by atoms with Crippen LogP contribution >= 0.6 is 11.6 Å². The van der Waals surface area contributed by atoms with E-state index in [9.17, 15) is 14.4 Å². The molecule has 1 aromatic heterocycles. The number of amides is 1. The van der Waals surface area contributed by atoms with Gasteiger partial charge in [-0.15, -0.1) is 0 Å². The van der Waals surface area contributed by atoms with Gasteiger partial charge in [-0.3, -0.25) is 24.0 Å². The summed E-state index contributed by atoms with van der Waals surface area (Å²) >= 11 is 6.35. The minimum absolute atomic E-state index is 0.0466. The Bertz CT molecular complexity index is 1320. The van der Waals surface area contributed by atoms with E-state index in [-0.39, 0.29) is 28.6 Å². The van der Waals surface area contributed by atoms with Gasteiger partial charge in [0.25, 0.3) is 11.5 Å². The van der Waals surface area contributed by atoms with E-state index in [1.54, 1.807) is 0 Å². The number of nitrogens with zero attached hydrogens (tertiary/aromatic N) is 2. The minimum Gasteiger partial charge on any atom is -0.486 e. The third-order valence-electron chi connectivity index (χ3n) is 5.49. The van der Waals surface area contributed by atoms with Gasteiger partial charge in [-0.25, -0.2) is 4.79 Å². The Balaban J connectivity index is 1.85. The molecule has 0 atom stereocenters. The van der Waals surface area contributed by atoms with Crippen LogP contribution in [0.15, 0.2) is 52.1 Å². The number of H-pyrrole nitrogens is 1. The lowest BCUT2D eigenvalue weighted by Crippen LogP contribution is -2.41. The van der Waals surface area contributed by atoms with Crippen LogP contribution in [0.1, 0.15) is 35.7 Å². The zero-order valence-corrected chi connectivity index (χ0v) is 19.4. The van der Waals surface area contributed by atoms with Crippen molar-refractivity contribution in [2.45, 2.75) is 32.9 Å². The van der Waals surface area contributed by atoms with Gasteiger partial charge >= 0.3 is 5.69 Å². The Morgan fingerprint density at radius 3 is 2.65 bits per heavy atom. The standard InChI is InChI=1S/C24H25ClN4O5/c1-2-3-9-28-21(26)19(22(30)27-24(28)32)29(14-15-7-5-4-6-8-15)23(31)16-12-17(25)20-18(13-16)33-10-11-34-20/h4-8,12-13H,2-3,9-11,14,26H2,1H3,(H,27,30,32). The average Bonchev–Trinajstić information content (AvgIpc) is 2.83. The van der Waals surface area contributed by atoms with E-state index in [0.29, 0.717) is 37.7 Å². The Morgan fingerprint density at radius 1 is 1.18 bits per heavy atom. The van der Waals surface area contributed by atoms with Crippen molar-refractivity contribution in [1.82, 2.24) is 9.55 Å². The number of rotatable bonds is 7. The van der Waals surface area contributed by atoms with Crippen molar-refractivity contribution in [1.29, 1.82) is 0 Å². The number of aromatic nitrogens is 2. The van der Waals surface area contributed by atoms with Gasteiger partial charge in [0.1, 0.15) is 19.0 Å². The van der Waals surface area contributed by atoms with Crippen LogP contribution in [0.5, 0.6) is 11.5 Å². The number of carbonyl (C=O) groups is 1. The first-order chi connectivity index (χ1) is 16.4. The third-order valence-corrected chi connectivity index (χ3v) is 5.77. The lowest BCUT2D eigenvalue weighted by Gasteiger charge is -2.26. The molecule has 0 spiro atoms. The highest BCUT2D eigenvalue weighted by molar-refractivity contribution is 6.33. The zero-order valence-electron chi connectivity index (χ0n) is 18.7. The van der Waals surface area contributed by atoms with Gasteiger partial charge in [0.05, 0.1) is 11.6 Å². The second-order valence-electron chi connectivity index (χ2n) is 7.86. The van der Waals surface area contributed by atoms with E-state index in [0.717, 1.165) is 12.0 Å². The number of unbranched alkanes of at least 4 members (excludes halogenated alkanes) is 1. The predicted molar refractivity (Wildman–Crippen MR) is 130 cm³/mol. The number of anilines is 2. The predicted octanol–water partition coefficient (Wildman–Crippen LogP) is 3.19. The maximum atomic E-state index is 13.8. The molecule has 2 aromatic carbocycles. The number of fused-ring (bicyclic) bond motifs is 1. The first kappa shape index (κ1) is 23.4. The van der Waals surface area contributed by atoms with E-state index in [1.807, 2.05) is 37.3 Å². The van der Waals surface area contributed by atoms with Gasteiger partial charge in [0, 0.05) is 12.1 Å². The van der Waals surface area contributed by atoms with Crippen LogP contribution in [0.3, 0.4) is 0 Å². The van der Waals surface area contributed by atoms with Crippen molar-refractivity contribution in [2.24, 2.45) is 0 Å². The summed E-state index contributed by atoms with van der Waals surface area (Å²) in [5.74, 6) is 0.108. The number of nitrogens with two attached hydrogens (primary N) is 1. The van der Waals surface area contributed by atoms with Crippen molar-refractivity contribution in [2.75, 3.05) is 23.8 Å². The van der Waals surface area contributed by atoms with Gasteiger partial charge < -0.3 is 15.2 Å². The fourth-order valence-corrected chi connectivity index (χ4v) is 4.05. The van der Waals surface area contributed by atoms with Crippen molar-refractivity contribution >= 4 is 29.0 Å². The highest BCUT2D eigenvalue weighted by Gasteiger charge is 2.28. The van der Waals surface area contributed by atoms with Crippen LogP contribution < -0.4 is 31.4 Å². The van der Waals surface area contributed by atoms with E-state index in [2.05, 4.69) is 4.98 Å². The SMILES string of the molecule is CCCCn1c(N)c(N(Cc2ccccc2)C(=O)c2cc(Cl)c3c(c2)OCCO3)c(=O)[nH]c1=O. The van der Waals surface area contributed by atoms with Crippen LogP contribution in [0.4, 0.5) is 11.5 Å². The Hall–Kier alpha value is -3.72. The summed E-state index contributed by atoms with van der Waals surface area (Å²) in [5, 5.41) is 0.218. The Labute approximate surface area is 200 Å². The van der Waals surface area contributed by atoms with Crippen molar-refractivity contribution in [3.63, 3.8) is 0 Å². The molecule has 1 aliphatic rings. The first-order valence-electron chi connectivity index (χ1n) is 11.0. The van der Waals surface area contributed by atoms with Gasteiger partial charge in [-0.05, 0) is 24.1 Å². The lowest BCUT2D eigenvalue weighted by atomic mass is 10.1. The molecule has 34 heavy (non-hydrogen) atoms. The Kier molecular flexibility index (Phi) is 6.93. The summed E-state index contributed by atoms with van der Waals surface area (Å²) in [4.78, 5) is 42.7. The molecule has 2 heterocycles. The summed E-state index contributed by atoms with van der Waals surface area (Å²) in [7, 11) is 0. The highest BCUT2D eigenvalue weighted by atomic mass is 35.5. The molecule has 9 nitrogen and oxygen atoms in total. The second kappa shape index (κ2) is 10.0. The molecule has 1 aliphatic heterocycles. The maximum Gasteiger partial charge on any atom is 0.330 e. The monoisotopic (exact) mass is 484 g/mol. The van der Waals surface area contributed by atoms with Crippen LogP contribution in [0.2, 0.25) is 5.02 Å². The smallest absolute Gasteiger partial charge is 0.330 e. The molecule has 178 valence electrons. The van der Waals surface area contributed by atoms with Crippen molar-refractivity contribution in [3.05, 3.63) is 79.5 Å². The van der Waals surface area contributed by atoms with Gasteiger partial charge in [0.15, 0.2) is 17.2 Å². The Morgan fingerprint density at radius 2 is 1.91 bits per heavy atom. The van der Waals surface area contributed by atoms with Gasteiger partial charge in [0.2, 0.25) is 0 Å². The van der Waals surface area contributed by atoms with Crippen LogP contribution in [-0.2, 0) is 13.1 Å². The molecule has 0 fully saturated rings. The van der Waals surface area contributed by atoms with Crippen molar-refractivity contribution < 1.29 is 14.3 Å². The summed E-state index contributed by atoms with van der Waals surface area (Å²) in [6.07, 6.45) is 1.50. The summed E-state index contributed by atoms with van der Waals surface area (Å²) < 4.78 is 12.4. The molecule has 0 radical (unpaired) electrons.